The molecule has 0 aliphatic rings. The Bertz CT molecular complexity index is 1640. The van der Waals surface area contributed by atoms with Crippen LogP contribution in [0, 0.1) is 0 Å². The second-order valence-electron chi connectivity index (χ2n) is 23.1. The molecule has 0 rings (SSSR count). The minimum absolute atomic E-state index is 0.0787. The first-order chi connectivity index (χ1) is 40.5. The molecule has 0 spiro atoms. The quantitative estimate of drug-likeness (QED) is 0.0261. The molecule has 0 bridgehead atoms. The van der Waals surface area contributed by atoms with E-state index in [1.165, 1.54) is 180 Å². The van der Waals surface area contributed by atoms with Crippen molar-refractivity contribution in [1.82, 2.24) is 0 Å². The Morgan fingerprint density at radius 3 is 0.756 bits per heavy atom. The normalized spacial score (nSPS) is 12.8. The molecule has 0 radical (unpaired) electrons. The Kier molecular flexibility index (Phi) is 66.2. The van der Waals surface area contributed by atoms with Crippen molar-refractivity contribution in [2.24, 2.45) is 0 Å². The maximum Gasteiger partial charge on any atom is 0.306 e. The third-order valence-corrected chi connectivity index (χ3v) is 15.0. The van der Waals surface area contributed by atoms with Crippen molar-refractivity contribution in [3.8, 4) is 0 Å². The van der Waals surface area contributed by atoms with Gasteiger partial charge in [-0.3, -0.25) is 14.4 Å². The monoisotopic (exact) mass is 1140 g/mol. The van der Waals surface area contributed by atoms with Crippen LogP contribution in [0.4, 0.5) is 0 Å². The summed E-state index contributed by atoms with van der Waals surface area (Å²) >= 11 is 0. The van der Waals surface area contributed by atoms with Gasteiger partial charge < -0.3 is 14.2 Å². The number of hydrogen-bond donors (Lipinski definition) is 0. The number of ether oxygens (including phenoxy) is 3. The summed E-state index contributed by atoms with van der Waals surface area (Å²) in [7, 11) is 0. The molecule has 0 aliphatic heterocycles. The van der Waals surface area contributed by atoms with Gasteiger partial charge in [0.25, 0.3) is 0 Å². The lowest BCUT2D eigenvalue weighted by Gasteiger charge is -2.18. The van der Waals surface area contributed by atoms with Crippen molar-refractivity contribution in [3.05, 3.63) is 109 Å². The SMILES string of the molecule is CC/C=C\C/C=C\C/C=C\C/C=C\C/C=C\C/C=C\C/C=C\C/C=C\CCCCCCCCCCC(=O)OCC(COC(=O)CCCCCCCCCCCCCCCC)OC(=O)CCCCCCCCC/C=C\CCCCCCCC. The number of carbonyl (C=O) groups is 3. The predicted octanol–water partition coefficient (Wildman–Crippen LogP) is 24.2. The average molecular weight is 1140 g/mol. The highest BCUT2D eigenvalue weighted by molar-refractivity contribution is 5.71. The Balaban J connectivity index is 4.28. The predicted molar refractivity (Wildman–Crippen MR) is 357 cm³/mol. The lowest BCUT2D eigenvalue weighted by Crippen LogP contribution is -2.30. The molecule has 0 saturated carbocycles. The molecular formula is C76H130O6. The molecule has 470 valence electrons. The van der Waals surface area contributed by atoms with Crippen molar-refractivity contribution >= 4 is 17.9 Å². The van der Waals surface area contributed by atoms with Crippen LogP contribution in [0.5, 0.6) is 0 Å². The zero-order valence-corrected chi connectivity index (χ0v) is 54.0. The van der Waals surface area contributed by atoms with Crippen molar-refractivity contribution in [2.45, 2.75) is 341 Å². The number of rotatable bonds is 63. The second-order valence-corrected chi connectivity index (χ2v) is 23.1. The van der Waals surface area contributed by atoms with Crippen molar-refractivity contribution < 1.29 is 28.6 Å². The summed E-state index contributed by atoms with van der Waals surface area (Å²) in [5, 5.41) is 0. The van der Waals surface area contributed by atoms with E-state index in [-0.39, 0.29) is 31.1 Å². The fourth-order valence-corrected chi connectivity index (χ4v) is 9.81. The molecule has 0 heterocycles. The van der Waals surface area contributed by atoms with Gasteiger partial charge in [-0.25, -0.2) is 0 Å². The Hall–Kier alpha value is -3.93. The molecule has 0 aromatic carbocycles. The minimum Gasteiger partial charge on any atom is -0.462 e. The first-order valence-corrected chi connectivity index (χ1v) is 34.9. The molecule has 0 aliphatic carbocycles. The molecule has 6 heteroatoms. The van der Waals surface area contributed by atoms with Gasteiger partial charge in [0.2, 0.25) is 0 Å². The third-order valence-electron chi connectivity index (χ3n) is 15.0. The minimum atomic E-state index is -0.784. The smallest absolute Gasteiger partial charge is 0.306 e. The van der Waals surface area contributed by atoms with Crippen molar-refractivity contribution in [3.63, 3.8) is 0 Å². The van der Waals surface area contributed by atoms with Gasteiger partial charge in [-0.1, -0.05) is 316 Å². The molecule has 1 atom stereocenters. The number of unbranched alkanes of at least 4 members (excludes halogenated alkanes) is 34. The van der Waals surface area contributed by atoms with Crippen LogP contribution in [-0.4, -0.2) is 37.2 Å². The summed E-state index contributed by atoms with van der Waals surface area (Å²) in [6, 6.07) is 0. The van der Waals surface area contributed by atoms with Gasteiger partial charge in [0.1, 0.15) is 13.2 Å². The van der Waals surface area contributed by atoms with Crippen molar-refractivity contribution in [2.75, 3.05) is 13.2 Å². The summed E-state index contributed by atoms with van der Waals surface area (Å²) in [6.07, 6.45) is 95.3. The fourth-order valence-electron chi connectivity index (χ4n) is 9.81. The average Bonchev–Trinajstić information content (AvgIpc) is 3.47. The summed E-state index contributed by atoms with van der Waals surface area (Å²) in [4.78, 5) is 38.4. The van der Waals surface area contributed by atoms with Crippen LogP contribution in [0.25, 0.3) is 0 Å². The van der Waals surface area contributed by atoms with Crippen LogP contribution in [0.15, 0.2) is 109 Å². The number of allylic oxidation sites excluding steroid dienone is 18. The van der Waals surface area contributed by atoms with Crippen LogP contribution >= 0.6 is 0 Å². The molecule has 82 heavy (non-hydrogen) atoms. The maximum absolute atomic E-state index is 12.9. The van der Waals surface area contributed by atoms with Gasteiger partial charge in [0, 0.05) is 19.3 Å². The van der Waals surface area contributed by atoms with Gasteiger partial charge in [0.05, 0.1) is 0 Å². The standard InChI is InChI=1S/C76H130O6/c1-4-7-10-13-16-19-22-25-28-30-31-32-33-34-35-36-37-38-39-40-41-42-43-44-45-47-48-51-54-57-60-63-66-69-75(78)81-72-73(71-80-74(77)68-65-62-59-56-53-50-27-24-21-18-15-12-9-6-3)82-76(79)70-67-64-61-58-55-52-49-46-29-26-23-20-17-14-11-8-5-2/h7,10,16,19,25-26,28-29,31-32,34-35,37-38,40-41,43-44,73H,4-6,8-9,11-15,17-18,20-24,27,30,33,36,39,42,45-72H2,1-3H3/b10-7-,19-16-,28-25-,29-26-,32-31-,35-34-,38-37-,41-40-,44-43-. The van der Waals surface area contributed by atoms with E-state index in [1.807, 2.05) is 0 Å². The summed E-state index contributed by atoms with van der Waals surface area (Å²) in [6.45, 7) is 6.55. The van der Waals surface area contributed by atoms with Gasteiger partial charge in [-0.15, -0.1) is 0 Å². The van der Waals surface area contributed by atoms with Gasteiger partial charge in [-0.05, 0) is 109 Å². The van der Waals surface area contributed by atoms with E-state index in [1.54, 1.807) is 0 Å². The molecule has 0 aromatic heterocycles. The van der Waals surface area contributed by atoms with Gasteiger partial charge in [-0.2, -0.15) is 0 Å². The van der Waals surface area contributed by atoms with Crippen LogP contribution in [0.2, 0.25) is 0 Å². The Labute approximate surface area is 508 Å². The highest BCUT2D eigenvalue weighted by Crippen LogP contribution is 2.17. The van der Waals surface area contributed by atoms with Crippen LogP contribution < -0.4 is 0 Å². The Morgan fingerprint density at radius 2 is 0.476 bits per heavy atom. The van der Waals surface area contributed by atoms with Crippen LogP contribution in [0.3, 0.4) is 0 Å². The lowest BCUT2D eigenvalue weighted by molar-refractivity contribution is -0.167. The second kappa shape index (κ2) is 69.6. The first kappa shape index (κ1) is 78.1. The van der Waals surface area contributed by atoms with Crippen molar-refractivity contribution in [1.29, 1.82) is 0 Å². The van der Waals surface area contributed by atoms with E-state index in [4.69, 9.17) is 14.2 Å². The van der Waals surface area contributed by atoms with E-state index in [2.05, 4.69) is 130 Å². The summed E-state index contributed by atoms with van der Waals surface area (Å²) < 4.78 is 17.0. The van der Waals surface area contributed by atoms with E-state index < -0.39 is 6.10 Å². The number of carbonyl (C=O) groups excluding carboxylic acids is 3. The largest absolute Gasteiger partial charge is 0.462 e. The summed E-state index contributed by atoms with van der Waals surface area (Å²) in [5.74, 6) is -0.878. The fraction of sp³-hybridized carbons (Fsp3) is 0.724. The Morgan fingerprint density at radius 1 is 0.256 bits per heavy atom. The highest BCUT2D eigenvalue weighted by atomic mass is 16.6. The number of esters is 3. The topological polar surface area (TPSA) is 78.9 Å². The molecule has 6 nitrogen and oxygen atoms in total. The molecule has 0 aromatic rings. The molecule has 1 unspecified atom stereocenters. The van der Waals surface area contributed by atoms with Crippen LogP contribution in [0.1, 0.15) is 335 Å². The summed E-state index contributed by atoms with van der Waals surface area (Å²) in [5.41, 5.74) is 0. The molecular weight excluding hydrogens is 1010 g/mol. The molecule has 0 amide bonds. The van der Waals surface area contributed by atoms with E-state index >= 15 is 0 Å². The van der Waals surface area contributed by atoms with Gasteiger partial charge >= 0.3 is 17.9 Å². The molecule has 0 saturated heterocycles. The van der Waals surface area contributed by atoms with E-state index in [0.29, 0.717) is 19.3 Å². The van der Waals surface area contributed by atoms with Gasteiger partial charge in [0.15, 0.2) is 6.10 Å². The lowest BCUT2D eigenvalue weighted by atomic mass is 10.0. The maximum atomic E-state index is 12.9. The first-order valence-electron chi connectivity index (χ1n) is 34.9. The zero-order chi connectivity index (χ0) is 59.2. The zero-order valence-electron chi connectivity index (χ0n) is 54.0. The van der Waals surface area contributed by atoms with E-state index in [0.717, 1.165) is 116 Å². The van der Waals surface area contributed by atoms with E-state index in [9.17, 15) is 14.4 Å². The molecule has 0 N–H and O–H groups in total. The number of hydrogen-bond acceptors (Lipinski definition) is 6. The third kappa shape index (κ3) is 66.9. The highest BCUT2D eigenvalue weighted by Gasteiger charge is 2.19. The van der Waals surface area contributed by atoms with Crippen LogP contribution in [-0.2, 0) is 28.6 Å². The molecule has 0 fully saturated rings.